The summed E-state index contributed by atoms with van der Waals surface area (Å²) in [4.78, 5) is 6.82. The van der Waals surface area contributed by atoms with Crippen LogP contribution in [0.4, 0.5) is 0 Å². The third-order valence-corrected chi connectivity index (χ3v) is 3.33. The zero-order chi connectivity index (χ0) is 13.3. The molecule has 2 rings (SSSR count). The fraction of sp³-hybridized carbons (Fsp3) is 0.846. The largest absolute Gasteiger partial charge is 0.373 e. The molecule has 0 spiro atoms. The molecule has 0 N–H and O–H groups in total. The molecule has 1 saturated heterocycles. The summed E-state index contributed by atoms with van der Waals surface area (Å²) < 4.78 is 11.1. The average Bonchev–Trinajstić information content (AvgIpc) is 2.75. The lowest BCUT2D eigenvalue weighted by Crippen LogP contribution is -2.46. The number of ether oxygens (including phenoxy) is 1. The van der Waals surface area contributed by atoms with Crippen molar-refractivity contribution in [3.63, 3.8) is 0 Å². The highest BCUT2D eigenvalue weighted by Gasteiger charge is 2.29. The standard InChI is InChI=1S/C13H23N3O2/c1-8(2)12-14-13(18-15-12)11(5)16-6-9(3)17-10(4)7-16/h8-11H,6-7H2,1-5H3/t9-,10+,11-/m1/s1. The Morgan fingerprint density at radius 2 is 1.78 bits per heavy atom. The van der Waals surface area contributed by atoms with Gasteiger partial charge < -0.3 is 9.26 Å². The summed E-state index contributed by atoms with van der Waals surface area (Å²) in [6.45, 7) is 12.3. The Hall–Kier alpha value is -0.940. The van der Waals surface area contributed by atoms with E-state index in [4.69, 9.17) is 9.26 Å². The van der Waals surface area contributed by atoms with Crippen LogP contribution < -0.4 is 0 Å². The summed E-state index contributed by atoms with van der Waals surface area (Å²) in [5.74, 6) is 1.79. The maximum atomic E-state index is 5.74. The highest BCUT2D eigenvalue weighted by atomic mass is 16.5. The van der Waals surface area contributed by atoms with Gasteiger partial charge in [0.25, 0.3) is 0 Å². The number of hydrogen-bond acceptors (Lipinski definition) is 5. The number of rotatable bonds is 3. The van der Waals surface area contributed by atoms with Gasteiger partial charge in [0.2, 0.25) is 5.89 Å². The van der Waals surface area contributed by atoms with Gasteiger partial charge >= 0.3 is 0 Å². The molecule has 18 heavy (non-hydrogen) atoms. The molecule has 0 saturated carbocycles. The molecule has 0 bridgehead atoms. The summed E-state index contributed by atoms with van der Waals surface area (Å²) in [7, 11) is 0. The third-order valence-electron chi connectivity index (χ3n) is 3.33. The lowest BCUT2D eigenvalue weighted by atomic mass is 10.1. The zero-order valence-electron chi connectivity index (χ0n) is 11.9. The van der Waals surface area contributed by atoms with Crippen LogP contribution in [0, 0.1) is 0 Å². The minimum Gasteiger partial charge on any atom is -0.373 e. The van der Waals surface area contributed by atoms with Crippen LogP contribution in [0.3, 0.4) is 0 Å². The number of morpholine rings is 1. The number of nitrogens with zero attached hydrogens (tertiary/aromatic N) is 3. The second kappa shape index (κ2) is 5.36. The van der Waals surface area contributed by atoms with Crippen molar-refractivity contribution in [3.05, 3.63) is 11.7 Å². The molecule has 1 aromatic rings. The van der Waals surface area contributed by atoms with Crippen molar-refractivity contribution in [2.24, 2.45) is 0 Å². The summed E-state index contributed by atoms with van der Waals surface area (Å²) in [5.41, 5.74) is 0. The molecule has 0 aliphatic carbocycles. The SMILES string of the molecule is CC(C)c1noc([C@@H](C)N2C[C@@H](C)O[C@@H](C)C2)n1. The van der Waals surface area contributed by atoms with Crippen LogP contribution in [-0.2, 0) is 4.74 Å². The van der Waals surface area contributed by atoms with E-state index in [9.17, 15) is 0 Å². The smallest absolute Gasteiger partial charge is 0.243 e. The van der Waals surface area contributed by atoms with Gasteiger partial charge in [-0.3, -0.25) is 4.90 Å². The Balaban J connectivity index is 2.07. The summed E-state index contributed by atoms with van der Waals surface area (Å²) >= 11 is 0. The van der Waals surface area contributed by atoms with Crippen molar-refractivity contribution < 1.29 is 9.26 Å². The zero-order valence-corrected chi connectivity index (χ0v) is 11.9. The van der Waals surface area contributed by atoms with E-state index < -0.39 is 0 Å². The van der Waals surface area contributed by atoms with Crippen LogP contribution in [-0.4, -0.2) is 40.3 Å². The summed E-state index contributed by atoms with van der Waals surface area (Å²) in [5, 5.41) is 4.03. The highest BCUT2D eigenvalue weighted by Crippen LogP contribution is 2.24. The Bertz CT molecular complexity index is 381. The lowest BCUT2D eigenvalue weighted by molar-refractivity contribution is -0.0818. The molecule has 1 aliphatic heterocycles. The third kappa shape index (κ3) is 2.90. The molecule has 5 heteroatoms. The predicted molar refractivity (Wildman–Crippen MR) is 68.4 cm³/mol. The second-order valence-electron chi connectivity index (χ2n) is 5.53. The quantitative estimate of drug-likeness (QED) is 0.827. The molecular formula is C13H23N3O2. The minimum atomic E-state index is 0.152. The van der Waals surface area contributed by atoms with Gasteiger partial charge in [-0.1, -0.05) is 19.0 Å². The molecule has 0 aromatic carbocycles. The molecule has 5 nitrogen and oxygen atoms in total. The van der Waals surface area contributed by atoms with E-state index in [2.05, 4.69) is 49.7 Å². The monoisotopic (exact) mass is 253 g/mol. The normalized spacial score (nSPS) is 27.7. The van der Waals surface area contributed by atoms with Crippen molar-refractivity contribution >= 4 is 0 Å². The van der Waals surface area contributed by atoms with Crippen molar-refractivity contribution in [2.75, 3.05) is 13.1 Å². The van der Waals surface area contributed by atoms with E-state index in [1.807, 2.05) is 0 Å². The van der Waals surface area contributed by atoms with Crippen LogP contribution in [0.2, 0.25) is 0 Å². The Morgan fingerprint density at radius 1 is 1.17 bits per heavy atom. The second-order valence-corrected chi connectivity index (χ2v) is 5.53. The first-order valence-corrected chi connectivity index (χ1v) is 6.70. The van der Waals surface area contributed by atoms with E-state index in [0.717, 1.165) is 18.9 Å². The van der Waals surface area contributed by atoms with E-state index in [-0.39, 0.29) is 18.2 Å². The van der Waals surface area contributed by atoms with Crippen LogP contribution >= 0.6 is 0 Å². The molecule has 0 amide bonds. The fourth-order valence-corrected chi connectivity index (χ4v) is 2.34. The van der Waals surface area contributed by atoms with Gasteiger partial charge in [-0.2, -0.15) is 4.98 Å². The average molecular weight is 253 g/mol. The van der Waals surface area contributed by atoms with E-state index >= 15 is 0 Å². The van der Waals surface area contributed by atoms with Gasteiger partial charge in [0.1, 0.15) is 0 Å². The molecule has 1 aliphatic rings. The van der Waals surface area contributed by atoms with Gasteiger partial charge in [0.15, 0.2) is 5.82 Å². The van der Waals surface area contributed by atoms with Gasteiger partial charge in [0.05, 0.1) is 18.2 Å². The fourth-order valence-electron chi connectivity index (χ4n) is 2.34. The topological polar surface area (TPSA) is 51.4 Å². The van der Waals surface area contributed by atoms with Crippen molar-refractivity contribution in [2.45, 2.75) is 58.8 Å². The molecule has 3 atom stereocenters. The first kappa shape index (κ1) is 13.5. The van der Waals surface area contributed by atoms with Gasteiger partial charge in [-0.15, -0.1) is 0 Å². The van der Waals surface area contributed by atoms with Crippen molar-refractivity contribution in [1.29, 1.82) is 0 Å². The van der Waals surface area contributed by atoms with Crippen LogP contribution in [0.1, 0.15) is 58.3 Å². The maximum Gasteiger partial charge on any atom is 0.243 e. The Kier molecular flexibility index (Phi) is 4.02. The number of hydrogen-bond donors (Lipinski definition) is 0. The first-order valence-electron chi connectivity index (χ1n) is 6.70. The summed E-state index contributed by atoms with van der Waals surface area (Å²) in [6.07, 6.45) is 0.507. The first-order chi connectivity index (χ1) is 8.47. The summed E-state index contributed by atoms with van der Waals surface area (Å²) in [6, 6.07) is 0.152. The molecule has 1 aromatic heterocycles. The Labute approximate surface area is 108 Å². The number of aromatic nitrogens is 2. The van der Waals surface area contributed by atoms with E-state index in [1.54, 1.807) is 0 Å². The molecule has 102 valence electrons. The molecule has 1 fully saturated rings. The van der Waals surface area contributed by atoms with E-state index in [1.165, 1.54) is 0 Å². The molecule has 0 unspecified atom stereocenters. The Morgan fingerprint density at radius 3 is 2.28 bits per heavy atom. The van der Waals surface area contributed by atoms with Gasteiger partial charge in [-0.05, 0) is 20.8 Å². The van der Waals surface area contributed by atoms with Crippen molar-refractivity contribution in [1.82, 2.24) is 15.0 Å². The van der Waals surface area contributed by atoms with Crippen molar-refractivity contribution in [3.8, 4) is 0 Å². The molecule has 2 heterocycles. The van der Waals surface area contributed by atoms with Gasteiger partial charge in [-0.25, -0.2) is 0 Å². The van der Waals surface area contributed by atoms with E-state index in [0.29, 0.717) is 11.8 Å². The molecular weight excluding hydrogens is 230 g/mol. The molecule has 0 radical (unpaired) electrons. The van der Waals surface area contributed by atoms with Gasteiger partial charge in [0, 0.05) is 19.0 Å². The maximum absolute atomic E-state index is 5.74. The highest BCUT2D eigenvalue weighted by molar-refractivity contribution is 4.96. The lowest BCUT2D eigenvalue weighted by Gasteiger charge is -2.37. The predicted octanol–water partition coefficient (Wildman–Crippen LogP) is 2.36. The minimum absolute atomic E-state index is 0.152. The van der Waals surface area contributed by atoms with Crippen LogP contribution in [0.25, 0.3) is 0 Å². The van der Waals surface area contributed by atoms with Crippen LogP contribution in [0.15, 0.2) is 4.52 Å². The van der Waals surface area contributed by atoms with Crippen LogP contribution in [0.5, 0.6) is 0 Å².